The van der Waals surface area contributed by atoms with Crippen LogP contribution in [0.1, 0.15) is 10.4 Å². The lowest BCUT2D eigenvalue weighted by atomic mass is 10.2. The minimum Gasteiger partial charge on any atom is -0.507 e. The number of nitrogens with zero attached hydrogens (tertiary/aromatic N) is 3. The van der Waals surface area contributed by atoms with Gasteiger partial charge in [-0.15, -0.1) is 0 Å². The van der Waals surface area contributed by atoms with Crippen molar-refractivity contribution in [1.29, 1.82) is 0 Å². The maximum Gasteiger partial charge on any atom is 0.259 e. The zero-order valence-electron chi connectivity index (χ0n) is 11.3. The smallest absolute Gasteiger partial charge is 0.259 e. The molecule has 2 N–H and O–H groups in total. The quantitative estimate of drug-likeness (QED) is 0.779. The summed E-state index contributed by atoms with van der Waals surface area (Å²) in [6.07, 6.45) is 6.57. The number of imidazole rings is 1. The number of carbonyl (C=O) groups excluding carboxylic acids is 1. The molecule has 22 heavy (non-hydrogen) atoms. The van der Waals surface area contributed by atoms with Gasteiger partial charge in [0.1, 0.15) is 17.9 Å². The molecular formula is C15H11ClN4O2. The van der Waals surface area contributed by atoms with Crippen LogP contribution in [0.4, 0.5) is 5.69 Å². The molecule has 1 aromatic carbocycles. The fraction of sp³-hybridized carbons (Fsp3) is 0. The Kier molecular flexibility index (Phi) is 3.76. The number of aromatic nitrogens is 3. The van der Waals surface area contributed by atoms with Crippen LogP contribution in [0.2, 0.25) is 5.02 Å². The number of anilines is 1. The molecule has 0 aliphatic heterocycles. The molecule has 0 aliphatic rings. The van der Waals surface area contributed by atoms with Gasteiger partial charge in [0.05, 0.1) is 17.4 Å². The predicted molar refractivity (Wildman–Crippen MR) is 82.4 cm³/mol. The van der Waals surface area contributed by atoms with E-state index in [0.29, 0.717) is 16.5 Å². The number of halogens is 1. The number of pyridine rings is 1. The standard InChI is InChI=1S/C15H11ClN4O2/c16-10-1-3-13(21)12(7-10)15(22)19-11-2-4-14(18-8-11)20-6-5-17-9-20/h1-9,21H,(H,19,22). The number of nitrogens with one attached hydrogen (secondary N) is 1. The number of hydrogen-bond acceptors (Lipinski definition) is 4. The predicted octanol–water partition coefficient (Wildman–Crippen LogP) is 2.88. The first-order chi connectivity index (χ1) is 10.6. The summed E-state index contributed by atoms with van der Waals surface area (Å²) >= 11 is 5.83. The lowest BCUT2D eigenvalue weighted by Crippen LogP contribution is -2.12. The van der Waals surface area contributed by atoms with Crippen molar-refractivity contribution in [3.05, 3.63) is 65.8 Å². The van der Waals surface area contributed by atoms with E-state index in [4.69, 9.17) is 11.6 Å². The fourth-order valence-electron chi connectivity index (χ4n) is 1.90. The molecular weight excluding hydrogens is 304 g/mol. The summed E-state index contributed by atoms with van der Waals surface area (Å²) in [4.78, 5) is 20.3. The van der Waals surface area contributed by atoms with Crippen LogP contribution in [-0.4, -0.2) is 25.5 Å². The van der Waals surface area contributed by atoms with Crippen molar-refractivity contribution in [3.8, 4) is 11.6 Å². The second-order valence-corrected chi connectivity index (χ2v) is 4.93. The number of hydrogen-bond donors (Lipinski definition) is 2. The average Bonchev–Trinajstić information content (AvgIpc) is 3.05. The second-order valence-electron chi connectivity index (χ2n) is 4.49. The molecule has 7 heteroatoms. The summed E-state index contributed by atoms with van der Waals surface area (Å²) < 4.78 is 1.74. The summed E-state index contributed by atoms with van der Waals surface area (Å²) in [6, 6.07) is 7.74. The summed E-state index contributed by atoms with van der Waals surface area (Å²) in [5.74, 6) is 0.0863. The average molecular weight is 315 g/mol. The molecule has 0 spiro atoms. The Balaban J connectivity index is 1.78. The molecule has 0 unspecified atom stereocenters. The van der Waals surface area contributed by atoms with Gasteiger partial charge in [-0.3, -0.25) is 9.36 Å². The Bertz CT molecular complexity index is 801. The van der Waals surface area contributed by atoms with Crippen LogP contribution in [0.25, 0.3) is 5.82 Å². The second kappa shape index (κ2) is 5.87. The van der Waals surface area contributed by atoms with Crippen LogP contribution in [0.15, 0.2) is 55.2 Å². The van der Waals surface area contributed by atoms with Crippen molar-refractivity contribution >= 4 is 23.2 Å². The van der Waals surface area contributed by atoms with E-state index >= 15 is 0 Å². The van der Waals surface area contributed by atoms with E-state index in [2.05, 4.69) is 15.3 Å². The monoisotopic (exact) mass is 314 g/mol. The molecule has 0 atom stereocenters. The first-order valence-electron chi connectivity index (χ1n) is 6.38. The topological polar surface area (TPSA) is 80.0 Å². The number of phenols is 1. The van der Waals surface area contributed by atoms with Crippen molar-refractivity contribution in [3.63, 3.8) is 0 Å². The van der Waals surface area contributed by atoms with Crippen molar-refractivity contribution in [2.24, 2.45) is 0 Å². The molecule has 1 amide bonds. The van der Waals surface area contributed by atoms with E-state index in [-0.39, 0.29) is 11.3 Å². The third kappa shape index (κ3) is 2.91. The zero-order valence-corrected chi connectivity index (χ0v) is 12.0. The molecule has 0 fully saturated rings. The van der Waals surface area contributed by atoms with E-state index < -0.39 is 5.91 Å². The van der Waals surface area contributed by atoms with Gasteiger partial charge in [-0.2, -0.15) is 0 Å². The highest BCUT2D eigenvalue weighted by Gasteiger charge is 2.12. The van der Waals surface area contributed by atoms with Crippen LogP contribution >= 0.6 is 11.6 Å². The number of rotatable bonds is 3. The highest BCUT2D eigenvalue weighted by atomic mass is 35.5. The first-order valence-corrected chi connectivity index (χ1v) is 6.75. The van der Waals surface area contributed by atoms with Crippen molar-refractivity contribution < 1.29 is 9.90 Å². The van der Waals surface area contributed by atoms with Crippen LogP contribution in [0.3, 0.4) is 0 Å². The lowest BCUT2D eigenvalue weighted by molar-refractivity contribution is 0.102. The third-order valence-electron chi connectivity index (χ3n) is 2.98. The van der Waals surface area contributed by atoms with Crippen LogP contribution in [0, 0.1) is 0 Å². The zero-order chi connectivity index (χ0) is 15.5. The van der Waals surface area contributed by atoms with Crippen molar-refractivity contribution in [1.82, 2.24) is 14.5 Å². The van der Waals surface area contributed by atoms with Crippen LogP contribution < -0.4 is 5.32 Å². The van der Waals surface area contributed by atoms with E-state index in [1.165, 1.54) is 24.4 Å². The highest BCUT2D eigenvalue weighted by Crippen LogP contribution is 2.22. The molecule has 3 rings (SSSR count). The Morgan fingerprint density at radius 3 is 2.82 bits per heavy atom. The third-order valence-corrected chi connectivity index (χ3v) is 3.21. The number of aromatic hydroxyl groups is 1. The number of amides is 1. The maximum absolute atomic E-state index is 12.1. The summed E-state index contributed by atoms with van der Waals surface area (Å²) in [7, 11) is 0. The summed E-state index contributed by atoms with van der Waals surface area (Å²) in [5, 5.41) is 12.7. The molecule has 0 saturated heterocycles. The van der Waals surface area contributed by atoms with E-state index in [0.717, 1.165) is 0 Å². The highest BCUT2D eigenvalue weighted by molar-refractivity contribution is 6.31. The molecule has 2 heterocycles. The molecule has 2 aromatic heterocycles. The summed E-state index contributed by atoms with van der Waals surface area (Å²) in [5.41, 5.74) is 0.611. The molecule has 3 aromatic rings. The van der Waals surface area contributed by atoms with Gasteiger partial charge in [0.25, 0.3) is 5.91 Å². The number of benzene rings is 1. The fourth-order valence-corrected chi connectivity index (χ4v) is 2.07. The van der Waals surface area contributed by atoms with Gasteiger partial charge in [-0.25, -0.2) is 9.97 Å². The molecule has 6 nitrogen and oxygen atoms in total. The van der Waals surface area contributed by atoms with Gasteiger partial charge >= 0.3 is 0 Å². The molecule has 0 aliphatic carbocycles. The van der Waals surface area contributed by atoms with E-state index in [1.807, 2.05) is 0 Å². The molecule has 0 bridgehead atoms. The van der Waals surface area contributed by atoms with Gasteiger partial charge in [-0.05, 0) is 30.3 Å². The van der Waals surface area contributed by atoms with Crippen molar-refractivity contribution in [2.45, 2.75) is 0 Å². The van der Waals surface area contributed by atoms with Crippen LogP contribution in [0.5, 0.6) is 5.75 Å². The number of phenolic OH excluding ortho intramolecular Hbond substituents is 1. The minimum absolute atomic E-state index is 0.103. The first kappa shape index (κ1) is 14.1. The van der Waals surface area contributed by atoms with Gasteiger partial charge < -0.3 is 10.4 Å². The molecule has 110 valence electrons. The Morgan fingerprint density at radius 2 is 2.14 bits per heavy atom. The lowest BCUT2D eigenvalue weighted by Gasteiger charge is -2.08. The minimum atomic E-state index is -0.461. The summed E-state index contributed by atoms with van der Waals surface area (Å²) in [6.45, 7) is 0. The maximum atomic E-state index is 12.1. The molecule has 0 radical (unpaired) electrons. The Hall–Kier alpha value is -2.86. The van der Waals surface area contributed by atoms with Crippen LogP contribution in [-0.2, 0) is 0 Å². The van der Waals surface area contributed by atoms with E-state index in [1.54, 1.807) is 35.4 Å². The van der Waals surface area contributed by atoms with Gasteiger partial charge in [-0.1, -0.05) is 11.6 Å². The van der Waals surface area contributed by atoms with Gasteiger partial charge in [0, 0.05) is 17.4 Å². The largest absolute Gasteiger partial charge is 0.507 e. The SMILES string of the molecule is O=C(Nc1ccc(-n2ccnc2)nc1)c1cc(Cl)ccc1O. The molecule has 0 saturated carbocycles. The van der Waals surface area contributed by atoms with Crippen molar-refractivity contribution in [2.75, 3.05) is 5.32 Å². The Morgan fingerprint density at radius 1 is 1.27 bits per heavy atom. The van der Waals surface area contributed by atoms with Gasteiger partial charge in [0.2, 0.25) is 0 Å². The normalized spacial score (nSPS) is 10.4. The Labute approximate surface area is 131 Å². The number of carbonyl (C=O) groups is 1. The van der Waals surface area contributed by atoms with Gasteiger partial charge in [0.15, 0.2) is 0 Å². The van der Waals surface area contributed by atoms with E-state index in [9.17, 15) is 9.90 Å².